The molecule has 0 saturated carbocycles. The lowest BCUT2D eigenvalue weighted by Gasteiger charge is -2.16. The van der Waals surface area contributed by atoms with Crippen LogP contribution in [0.1, 0.15) is 41.1 Å². The molecule has 1 N–H and O–H groups in total. The average molecular weight is 253 g/mol. The first kappa shape index (κ1) is 12.6. The third kappa shape index (κ3) is 2.87. The molecule has 0 aliphatic carbocycles. The number of thiophene rings is 1. The number of hydrogen-bond donors (Lipinski definition) is 1. The Balaban J connectivity index is 1.98. The lowest BCUT2D eigenvalue weighted by atomic mass is 10.1. The van der Waals surface area contributed by atoms with E-state index in [1.165, 1.54) is 15.3 Å². The van der Waals surface area contributed by atoms with Gasteiger partial charge in [-0.15, -0.1) is 11.3 Å². The fraction of sp³-hybridized carbons (Fsp3) is 0.615. The first-order valence-electron chi connectivity index (χ1n) is 6.07. The van der Waals surface area contributed by atoms with Gasteiger partial charge in [0.15, 0.2) is 0 Å². The van der Waals surface area contributed by atoms with Crippen molar-refractivity contribution in [3.05, 3.63) is 21.4 Å². The average Bonchev–Trinajstić information content (AvgIpc) is 2.87. The molecule has 0 radical (unpaired) electrons. The van der Waals surface area contributed by atoms with Crippen LogP contribution in [-0.4, -0.2) is 18.6 Å². The van der Waals surface area contributed by atoms with E-state index < -0.39 is 0 Å². The van der Waals surface area contributed by atoms with Gasteiger partial charge in [-0.1, -0.05) is 0 Å². The van der Waals surface area contributed by atoms with Crippen LogP contribution in [0.4, 0.5) is 0 Å². The van der Waals surface area contributed by atoms with Gasteiger partial charge in [-0.3, -0.25) is 4.79 Å². The zero-order valence-corrected chi connectivity index (χ0v) is 11.4. The molecule has 1 aliphatic heterocycles. The van der Waals surface area contributed by atoms with Crippen LogP contribution in [0, 0.1) is 13.8 Å². The highest BCUT2D eigenvalue weighted by molar-refractivity contribution is 7.12. The molecule has 1 saturated heterocycles. The first-order valence-corrected chi connectivity index (χ1v) is 6.88. The fourth-order valence-corrected chi connectivity index (χ4v) is 3.27. The second-order valence-corrected chi connectivity index (χ2v) is 6.06. The van der Waals surface area contributed by atoms with Gasteiger partial charge in [0.05, 0.1) is 6.04 Å². The van der Waals surface area contributed by atoms with Gasteiger partial charge in [0.2, 0.25) is 5.91 Å². The maximum Gasteiger partial charge on any atom is 0.249 e. The highest BCUT2D eigenvalue weighted by Crippen LogP contribution is 2.26. The van der Waals surface area contributed by atoms with Crippen LogP contribution < -0.4 is 5.32 Å². The quantitative estimate of drug-likeness (QED) is 0.899. The summed E-state index contributed by atoms with van der Waals surface area (Å²) in [7, 11) is 0. The van der Waals surface area contributed by atoms with Crippen LogP contribution in [0.2, 0.25) is 0 Å². The number of amides is 1. The van der Waals surface area contributed by atoms with Gasteiger partial charge < -0.3 is 10.1 Å². The summed E-state index contributed by atoms with van der Waals surface area (Å²) < 4.78 is 5.38. The smallest absolute Gasteiger partial charge is 0.249 e. The molecular formula is C13H19NO2S. The van der Waals surface area contributed by atoms with Gasteiger partial charge in [0.25, 0.3) is 0 Å². The van der Waals surface area contributed by atoms with Crippen molar-refractivity contribution in [1.82, 2.24) is 5.32 Å². The minimum atomic E-state index is -0.238. The number of nitrogens with one attached hydrogen (secondary N) is 1. The lowest BCUT2D eigenvalue weighted by Crippen LogP contribution is -2.35. The number of carbonyl (C=O) groups is 1. The summed E-state index contributed by atoms with van der Waals surface area (Å²) in [5, 5.41) is 3.04. The van der Waals surface area contributed by atoms with Crippen LogP contribution in [0.5, 0.6) is 0 Å². The number of ether oxygens (including phenoxy) is 1. The molecule has 2 atom stereocenters. The van der Waals surface area contributed by atoms with Gasteiger partial charge in [-0.05, 0) is 45.2 Å². The third-order valence-corrected chi connectivity index (χ3v) is 4.11. The van der Waals surface area contributed by atoms with Crippen LogP contribution in [0.15, 0.2) is 6.07 Å². The van der Waals surface area contributed by atoms with E-state index in [1.807, 2.05) is 6.92 Å². The molecular weight excluding hydrogens is 234 g/mol. The van der Waals surface area contributed by atoms with Gasteiger partial charge in [0.1, 0.15) is 6.10 Å². The fourth-order valence-electron chi connectivity index (χ4n) is 2.25. The molecule has 17 heavy (non-hydrogen) atoms. The molecule has 0 unspecified atom stereocenters. The molecule has 1 aromatic rings. The zero-order valence-electron chi connectivity index (χ0n) is 10.6. The third-order valence-electron chi connectivity index (χ3n) is 3.13. The largest absolute Gasteiger partial charge is 0.368 e. The van der Waals surface area contributed by atoms with Crippen molar-refractivity contribution in [2.75, 3.05) is 6.61 Å². The van der Waals surface area contributed by atoms with E-state index in [0.29, 0.717) is 6.61 Å². The van der Waals surface area contributed by atoms with Gasteiger partial charge >= 0.3 is 0 Å². The first-order chi connectivity index (χ1) is 8.08. The van der Waals surface area contributed by atoms with Gasteiger partial charge in [-0.25, -0.2) is 0 Å². The van der Waals surface area contributed by atoms with E-state index in [1.54, 1.807) is 11.3 Å². The summed E-state index contributed by atoms with van der Waals surface area (Å²) in [5.74, 6) is 0.0262. The van der Waals surface area contributed by atoms with Crippen molar-refractivity contribution in [2.24, 2.45) is 0 Å². The molecule has 0 bridgehead atoms. The summed E-state index contributed by atoms with van der Waals surface area (Å²) in [4.78, 5) is 14.5. The van der Waals surface area contributed by atoms with Crippen molar-refractivity contribution < 1.29 is 9.53 Å². The molecule has 1 amide bonds. The molecule has 1 aliphatic rings. The monoisotopic (exact) mass is 253 g/mol. The van der Waals surface area contributed by atoms with Crippen molar-refractivity contribution in [2.45, 2.75) is 45.8 Å². The minimum absolute atomic E-state index is 0.0262. The highest BCUT2D eigenvalue weighted by atomic mass is 32.1. The molecule has 4 heteroatoms. The van der Waals surface area contributed by atoms with Crippen molar-refractivity contribution in [3.63, 3.8) is 0 Å². The van der Waals surface area contributed by atoms with E-state index in [-0.39, 0.29) is 18.1 Å². The van der Waals surface area contributed by atoms with Crippen LogP contribution >= 0.6 is 11.3 Å². The Morgan fingerprint density at radius 2 is 2.35 bits per heavy atom. The second kappa shape index (κ2) is 5.19. The Kier molecular flexibility index (Phi) is 3.84. The maximum absolute atomic E-state index is 11.9. The molecule has 0 aromatic carbocycles. The van der Waals surface area contributed by atoms with Gasteiger partial charge in [0, 0.05) is 16.4 Å². The van der Waals surface area contributed by atoms with Crippen molar-refractivity contribution in [1.29, 1.82) is 0 Å². The molecule has 1 aromatic heterocycles. The summed E-state index contributed by atoms with van der Waals surface area (Å²) in [6, 6.07) is 2.22. The van der Waals surface area contributed by atoms with Crippen LogP contribution in [0.3, 0.4) is 0 Å². The number of carbonyl (C=O) groups excluding carboxylic acids is 1. The Morgan fingerprint density at radius 1 is 1.59 bits per heavy atom. The van der Waals surface area contributed by atoms with E-state index in [4.69, 9.17) is 4.74 Å². The summed E-state index contributed by atoms with van der Waals surface area (Å²) in [6.45, 7) is 6.93. The Bertz CT molecular complexity index is 408. The van der Waals surface area contributed by atoms with Crippen LogP contribution in [-0.2, 0) is 9.53 Å². The molecule has 3 nitrogen and oxygen atoms in total. The number of rotatable bonds is 3. The SMILES string of the molecule is Cc1cc([C@H](C)NC(=O)[C@@H]2CCCO2)c(C)s1. The normalized spacial score (nSPS) is 21.5. The molecule has 94 valence electrons. The van der Waals surface area contributed by atoms with E-state index >= 15 is 0 Å². The molecule has 2 heterocycles. The number of hydrogen-bond acceptors (Lipinski definition) is 3. The van der Waals surface area contributed by atoms with E-state index in [0.717, 1.165) is 12.8 Å². The minimum Gasteiger partial charge on any atom is -0.368 e. The predicted octanol–water partition coefficient (Wildman–Crippen LogP) is 2.72. The number of aryl methyl sites for hydroxylation is 2. The van der Waals surface area contributed by atoms with Gasteiger partial charge in [-0.2, -0.15) is 0 Å². The topological polar surface area (TPSA) is 38.3 Å². The standard InChI is InChI=1S/C13H19NO2S/c1-8-7-11(10(3)17-8)9(2)14-13(15)12-5-4-6-16-12/h7,9,12H,4-6H2,1-3H3,(H,14,15)/t9-,12-/m0/s1. The Hall–Kier alpha value is -0.870. The summed E-state index contributed by atoms with van der Waals surface area (Å²) in [6.07, 6.45) is 1.60. The molecule has 0 spiro atoms. The Morgan fingerprint density at radius 3 is 2.88 bits per heavy atom. The lowest BCUT2D eigenvalue weighted by molar-refractivity contribution is -0.130. The van der Waals surface area contributed by atoms with Crippen molar-refractivity contribution in [3.8, 4) is 0 Å². The van der Waals surface area contributed by atoms with E-state index in [9.17, 15) is 4.79 Å². The highest BCUT2D eigenvalue weighted by Gasteiger charge is 2.25. The summed E-state index contributed by atoms with van der Waals surface area (Å²) in [5.41, 5.74) is 1.22. The van der Waals surface area contributed by atoms with Crippen LogP contribution in [0.25, 0.3) is 0 Å². The maximum atomic E-state index is 11.9. The van der Waals surface area contributed by atoms with Crippen molar-refractivity contribution >= 4 is 17.2 Å². The molecule has 1 fully saturated rings. The molecule has 2 rings (SSSR count). The zero-order chi connectivity index (χ0) is 12.4. The summed E-state index contributed by atoms with van der Waals surface area (Å²) >= 11 is 1.77. The Labute approximate surface area is 106 Å². The predicted molar refractivity (Wildman–Crippen MR) is 69.3 cm³/mol. The second-order valence-electron chi connectivity index (χ2n) is 4.60. The van der Waals surface area contributed by atoms with E-state index in [2.05, 4.69) is 25.2 Å².